The molecule has 1 amide bonds. The Balaban J connectivity index is 1.74. The van der Waals surface area contributed by atoms with E-state index < -0.39 is 6.10 Å². The average molecular weight is 340 g/mol. The molecule has 0 radical (unpaired) electrons. The maximum absolute atomic E-state index is 13.0. The molecule has 1 N–H and O–H groups in total. The van der Waals surface area contributed by atoms with Gasteiger partial charge in [0.2, 0.25) is 5.91 Å². The minimum atomic E-state index is -0.702. The van der Waals surface area contributed by atoms with Gasteiger partial charge in [-0.3, -0.25) is 9.78 Å². The molecule has 5 nitrogen and oxygen atoms in total. The molecule has 1 aromatic heterocycles. The Bertz CT molecular complexity index is 657. The standard InChI is InChI=1S/C20H24N2O3/c23-19(17-4-2-1-3-5-17)15-22(14-16-6-10-21-11-7-16)20(24)18-8-12-25-13-9-18/h1-7,10-11,18-19,23H,8-9,12-15H2/t19-/m1/s1. The molecule has 2 aromatic rings. The van der Waals surface area contributed by atoms with Crippen molar-refractivity contribution in [3.05, 3.63) is 66.0 Å². The van der Waals surface area contributed by atoms with Crippen molar-refractivity contribution in [1.29, 1.82) is 0 Å². The zero-order valence-electron chi connectivity index (χ0n) is 14.3. The summed E-state index contributed by atoms with van der Waals surface area (Å²) < 4.78 is 5.37. The molecule has 1 aromatic carbocycles. The smallest absolute Gasteiger partial charge is 0.226 e. The lowest BCUT2D eigenvalue weighted by Gasteiger charge is -2.31. The van der Waals surface area contributed by atoms with Crippen molar-refractivity contribution in [2.45, 2.75) is 25.5 Å². The van der Waals surface area contributed by atoms with Gasteiger partial charge in [0.15, 0.2) is 0 Å². The molecule has 1 fully saturated rings. The molecule has 0 unspecified atom stereocenters. The maximum atomic E-state index is 13.0. The van der Waals surface area contributed by atoms with Crippen LogP contribution in [0.2, 0.25) is 0 Å². The van der Waals surface area contributed by atoms with E-state index in [2.05, 4.69) is 4.98 Å². The molecule has 25 heavy (non-hydrogen) atoms. The Morgan fingerprint density at radius 2 is 1.84 bits per heavy atom. The van der Waals surface area contributed by atoms with E-state index in [9.17, 15) is 9.90 Å². The third-order valence-corrected chi connectivity index (χ3v) is 4.58. The number of carbonyl (C=O) groups is 1. The van der Waals surface area contributed by atoms with Crippen molar-refractivity contribution in [2.24, 2.45) is 5.92 Å². The van der Waals surface area contributed by atoms with E-state index in [0.29, 0.717) is 19.8 Å². The van der Waals surface area contributed by atoms with E-state index in [-0.39, 0.29) is 18.4 Å². The van der Waals surface area contributed by atoms with Gasteiger partial charge >= 0.3 is 0 Å². The fraction of sp³-hybridized carbons (Fsp3) is 0.400. The van der Waals surface area contributed by atoms with Crippen molar-refractivity contribution in [2.75, 3.05) is 19.8 Å². The molecule has 1 saturated heterocycles. The molecule has 5 heteroatoms. The van der Waals surface area contributed by atoms with Gasteiger partial charge in [0.05, 0.1) is 12.6 Å². The Hall–Kier alpha value is -2.24. The van der Waals surface area contributed by atoms with Crippen molar-refractivity contribution < 1.29 is 14.6 Å². The van der Waals surface area contributed by atoms with Crippen molar-refractivity contribution >= 4 is 5.91 Å². The van der Waals surface area contributed by atoms with E-state index >= 15 is 0 Å². The number of pyridine rings is 1. The summed E-state index contributed by atoms with van der Waals surface area (Å²) in [7, 11) is 0. The monoisotopic (exact) mass is 340 g/mol. The number of amides is 1. The third-order valence-electron chi connectivity index (χ3n) is 4.58. The molecule has 0 bridgehead atoms. The van der Waals surface area contributed by atoms with E-state index in [0.717, 1.165) is 24.0 Å². The van der Waals surface area contributed by atoms with Crippen LogP contribution in [0, 0.1) is 5.92 Å². The van der Waals surface area contributed by atoms with E-state index in [4.69, 9.17) is 4.74 Å². The topological polar surface area (TPSA) is 62.7 Å². The number of rotatable bonds is 6. The summed E-state index contributed by atoms with van der Waals surface area (Å²) in [6, 6.07) is 13.3. The van der Waals surface area contributed by atoms with Gasteiger partial charge in [-0.25, -0.2) is 0 Å². The number of hydrogen-bond acceptors (Lipinski definition) is 4. The van der Waals surface area contributed by atoms with Gasteiger partial charge in [0, 0.05) is 38.1 Å². The Morgan fingerprint density at radius 3 is 2.52 bits per heavy atom. The van der Waals surface area contributed by atoms with Crippen molar-refractivity contribution in [1.82, 2.24) is 9.88 Å². The number of aliphatic hydroxyl groups is 1. The average Bonchev–Trinajstić information content (AvgIpc) is 2.69. The molecular formula is C20H24N2O3. The molecule has 0 aliphatic carbocycles. The van der Waals surface area contributed by atoms with Crippen LogP contribution in [0.4, 0.5) is 0 Å². The summed E-state index contributed by atoms with van der Waals surface area (Å²) in [5.74, 6) is 0.0636. The van der Waals surface area contributed by atoms with E-state index in [1.165, 1.54) is 0 Å². The predicted octanol–water partition coefficient (Wildman–Crippen LogP) is 2.57. The fourth-order valence-corrected chi connectivity index (χ4v) is 3.13. The number of nitrogens with zero attached hydrogens (tertiary/aromatic N) is 2. The molecule has 0 spiro atoms. The zero-order valence-corrected chi connectivity index (χ0v) is 14.3. The number of aromatic nitrogens is 1. The van der Waals surface area contributed by atoms with Crippen LogP contribution in [0.15, 0.2) is 54.9 Å². The summed E-state index contributed by atoms with van der Waals surface area (Å²) in [4.78, 5) is 18.8. The first-order valence-electron chi connectivity index (χ1n) is 8.72. The summed E-state index contributed by atoms with van der Waals surface area (Å²) in [6.07, 6.45) is 4.23. The molecule has 1 aliphatic heterocycles. The second-order valence-corrected chi connectivity index (χ2v) is 6.39. The second-order valence-electron chi connectivity index (χ2n) is 6.39. The van der Waals surface area contributed by atoms with Gasteiger partial charge < -0.3 is 14.7 Å². The largest absolute Gasteiger partial charge is 0.387 e. The summed E-state index contributed by atoms with van der Waals surface area (Å²) >= 11 is 0. The SMILES string of the molecule is O=C(C1CCOCC1)N(Cc1ccncc1)C[C@@H](O)c1ccccc1. The number of hydrogen-bond donors (Lipinski definition) is 1. The maximum Gasteiger partial charge on any atom is 0.226 e. The lowest BCUT2D eigenvalue weighted by atomic mass is 9.97. The van der Waals surface area contributed by atoms with Gasteiger partial charge in [0.25, 0.3) is 0 Å². The quantitative estimate of drug-likeness (QED) is 0.878. The summed E-state index contributed by atoms with van der Waals surface area (Å²) in [6.45, 7) is 2.01. The summed E-state index contributed by atoms with van der Waals surface area (Å²) in [5, 5.41) is 10.6. The van der Waals surface area contributed by atoms with Crippen LogP contribution >= 0.6 is 0 Å². The zero-order chi connectivity index (χ0) is 17.5. The minimum Gasteiger partial charge on any atom is -0.387 e. The molecular weight excluding hydrogens is 316 g/mol. The number of aliphatic hydroxyl groups excluding tert-OH is 1. The highest BCUT2D eigenvalue weighted by atomic mass is 16.5. The lowest BCUT2D eigenvalue weighted by molar-refractivity contribution is -0.140. The van der Waals surface area contributed by atoms with Crippen molar-refractivity contribution in [3.8, 4) is 0 Å². The Kier molecular flexibility index (Phi) is 6.14. The number of ether oxygens (including phenoxy) is 1. The Morgan fingerprint density at radius 1 is 1.16 bits per heavy atom. The normalized spacial score (nSPS) is 16.4. The van der Waals surface area contributed by atoms with Crippen LogP contribution in [0.1, 0.15) is 30.1 Å². The van der Waals surface area contributed by atoms with Gasteiger partial charge in [0.1, 0.15) is 0 Å². The van der Waals surface area contributed by atoms with E-state index in [1.807, 2.05) is 42.5 Å². The van der Waals surface area contributed by atoms with Crippen LogP contribution < -0.4 is 0 Å². The first kappa shape index (κ1) is 17.6. The number of carbonyl (C=O) groups excluding carboxylic acids is 1. The predicted molar refractivity (Wildman–Crippen MR) is 94.6 cm³/mol. The molecule has 132 valence electrons. The van der Waals surface area contributed by atoms with Crippen molar-refractivity contribution in [3.63, 3.8) is 0 Å². The van der Waals surface area contributed by atoms with Gasteiger partial charge in [-0.15, -0.1) is 0 Å². The molecule has 0 saturated carbocycles. The number of benzene rings is 1. The van der Waals surface area contributed by atoms with Gasteiger partial charge in [-0.1, -0.05) is 30.3 Å². The molecule has 3 rings (SSSR count). The first-order valence-corrected chi connectivity index (χ1v) is 8.72. The molecule has 1 atom stereocenters. The van der Waals surface area contributed by atoms with E-state index in [1.54, 1.807) is 17.3 Å². The fourth-order valence-electron chi connectivity index (χ4n) is 3.13. The highest BCUT2D eigenvalue weighted by Gasteiger charge is 2.28. The minimum absolute atomic E-state index is 0.0291. The summed E-state index contributed by atoms with van der Waals surface area (Å²) in [5.41, 5.74) is 1.83. The second kappa shape index (κ2) is 8.74. The lowest BCUT2D eigenvalue weighted by Crippen LogP contribution is -2.40. The van der Waals surface area contributed by atoms with Gasteiger partial charge in [-0.05, 0) is 36.1 Å². The highest BCUT2D eigenvalue weighted by molar-refractivity contribution is 5.79. The van der Waals surface area contributed by atoms with Crippen LogP contribution in [0.3, 0.4) is 0 Å². The molecule has 1 aliphatic rings. The van der Waals surface area contributed by atoms with Gasteiger partial charge in [-0.2, -0.15) is 0 Å². The Labute approximate surface area is 148 Å². The van der Waals surface area contributed by atoms with Crippen LogP contribution in [0.25, 0.3) is 0 Å². The third kappa shape index (κ3) is 4.87. The molecule has 2 heterocycles. The van der Waals surface area contributed by atoms with Crippen LogP contribution in [-0.4, -0.2) is 40.7 Å². The van der Waals surface area contributed by atoms with Crippen LogP contribution in [0.5, 0.6) is 0 Å². The highest BCUT2D eigenvalue weighted by Crippen LogP contribution is 2.22. The first-order chi connectivity index (χ1) is 12.2. The van der Waals surface area contributed by atoms with Crippen LogP contribution in [-0.2, 0) is 16.1 Å².